The molecule has 1 aliphatic rings. The second kappa shape index (κ2) is 8.58. The van der Waals surface area contributed by atoms with Crippen LogP contribution >= 0.6 is 35.4 Å². The van der Waals surface area contributed by atoms with Gasteiger partial charge in [0, 0.05) is 5.56 Å². The summed E-state index contributed by atoms with van der Waals surface area (Å²) < 4.78 is 5.71. The van der Waals surface area contributed by atoms with Crippen molar-refractivity contribution in [3.63, 3.8) is 0 Å². The standard InChI is InChI=1S/C22H12Cl2N2O5S/c23-15-7-5-11(21(29)30)9-13(15)18-8-6-12(31-18)10-14-19(27)25-22(32)26(20(14)28)17-4-2-1-3-16(17)24/h1-10H,(H,29,30)(H,25,27,32)/b14-10+. The van der Waals surface area contributed by atoms with Crippen LogP contribution in [-0.4, -0.2) is 28.0 Å². The Morgan fingerprint density at radius 2 is 1.81 bits per heavy atom. The molecule has 2 amide bonds. The van der Waals surface area contributed by atoms with E-state index in [1.165, 1.54) is 30.3 Å². The quantitative estimate of drug-likeness (QED) is 0.312. The molecule has 4 rings (SSSR count). The zero-order valence-electron chi connectivity index (χ0n) is 16.0. The van der Waals surface area contributed by atoms with E-state index in [0.717, 1.165) is 4.90 Å². The van der Waals surface area contributed by atoms with E-state index < -0.39 is 17.8 Å². The van der Waals surface area contributed by atoms with E-state index in [9.17, 15) is 19.5 Å². The predicted molar refractivity (Wildman–Crippen MR) is 124 cm³/mol. The summed E-state index contributed by atoms with van der Waals surface area (Å²) in [5.41, 5.74) is 0.498. The fraction of sp³-hybridized carbons (Fsp3) is 0. The van der Waals surface area contributed by atoms with Gasteiger partial charge in [-0.1, -0.05) is 35.3 Å². The largest absolute Gasteiger partial charge is 0.478 e. The molecule has 1 aromatic heterocycles. The van der Waals surface area contributed by atoms with Crippen LogP contribution < -0.4 is 10.2 Å². The Morgan fingerprint density at radius 3 is 2.53 bits per heavy atom. The Hall–Kier alpha value is -3.46. The van der Waals surface area contributed by atoms with Gasteiger partial charge in [0.2, 0.25) is 0 Å². The lowest BCUT2D eigenvalue weighted by atomic mass is 10.1. The van der Waals surface area contributed by atoms with Crippen LogP contribution in [0.25, 0.3) is 17.4 Å². The van der Waals surface area contributed by atoms with Gasteiger partial charge in [-0.3, -0.25) is 19.8 Å². The highest BCUT2D eigenvalue weighted by Gasteiger charge is 2.35. The first-order valence-electron chi connectivity index (χ1n) is 9.05. The first-order chi connectivity index (χ1) is 15.3. The minimum atomic E-state index is -1.11. The first-order valence-corrected chi connectivity index (χ1v) is 10.2. The Morgan fingerprint density at radius 1 is 1.06 bits per heavy atom. The van der Waals surface area contributed by atoms with Gasteiger partial charge in [0.05, 0.1) is 21.3 Å². The van der Waals surface area contributed by atoms with Crippen molar-refractivity contribution in [1.82, 2.24) is 5.32 Å². The average molecular weight is 487 g/mol. The number of anilines is 1. The number of rotatable bonds is 4. The zero-order chi connectivity index (χ0) is 23.0. The molecule has 0 spiro atoms. The van der Waals surface area contributed by atoms with Crippen LogP contribution in [0.4, 0.5) is 5.69 Å². The number of carbonyl (C=O) groups is 3. The number of nitrogens with zero attached hydrogens (tertiary/aromatic N) is 1. The van der Waals surface area contributed by atoms with Gasteiger partial charge in [0.15, 0.2) is 5.11 Å². The number of nitrogens with one attached hydrogen (secondary N) is 1. The lowest BCUT2D eigenvalue weighted by molar-refractivity contribution is -0.122. The van der Waals surface area contributed by atoms with Gasteiger partial charge in [-0.2, -0.15) is 0 Å². The summed E-state index contributed by atoms with van der Waals surface area (Å²) in [7, 11) is 0. The summed E-state index contributed by atoms with van der Waals surface area (Å²) in [6, 6.07) is 13.9. The summed E-state index contributed by atoms with van der Waals surface area (Å²) in [6.07, 6.45) is 1.27. The second-order valence-corrected chi connectivity index (χ2v) is 7.81. The number of aromatic carboxylic acids is 1. The Kier molecular flexibility index (Phi) is 5.84. The van der Waals surface area contributed by atoms with Crippen molar-refractivity contribution in [2.45, 2.75) is 0 Å². The van der Waals surface area contributed by atoms with E-state index in [0.29, 0.717) is 11.3 Å². The molecule has 10 heteroatoms. The first kappa shape index (κ1) is 21.8. The smallest absolute Gasteiger partial charge is 0.335 e. The van der Waals surface area contributed by atoms with Crippen molar-refractivity contribution in [2.75, 3.05) is 4.90 Å². The molecule has 0 atom stereocenters. The monoisotopic (exact) mass is 486 g/mol. The molecule has 0 saturated carbocycles. The van der Waals surface area contributed by atoms with Crippen molar-refractivity contribution in [3.8, 4) is 11.3 Å². The fourth-order valence-corrected chi connectivity index (χ4v) is 3.78. The molecule has 2 heterocycles. The van der Waals surface area contributed by atoms with E-state index >= 15 is 0 Å². The highest BCUT2D eigenvalue weighted by atomic mass is 35.5. The van der Waals surface area contributed by atoms with Crippen molar-refractivity contribution < 1.29 is 23.9 Å². The number of halogens is 2. The highest BCUT2D eigenvalue weighted by Crippen LogP contribution is 2.32. The van der Waals surface area contributed by atoms with Crippen LogP contribution in [0.15, 0.2) is 64.6 Å². The lowest BCUT2D eigenvalue weighted by Gasteiger charge is -2.29. The predicted octanol–water partition coefficient (Wildman–Crippen LogP) is 4.78. The van der Waals surface area contributed by atoms with Crippen LogP contribution in [0.3, 0.4) is 0 Å². The van der Waals surface area contributed by atoms with Crippen LogP contribution in [0.1, 0.15) is 16.1 Å². The minimum absolute atomic E-state index is 0.0337. The summed E-state index contributed by atoms with van der Waals surface area (Å²) in [5, 5.41) is 12.1. The average Bonchev–Trinajstić information content (AvgIpc) is 3.21. The van der Waals surface area contributed by atoms with Gasteiger partial charge < -0.3 is 9.52 Å². The molecule has 160 valence electrons. The molecule has 1 aliphatic heterocycles. The van der Waals surface area contributed by atoms with Crippen LogP contribution in [-0.2, 0) is 9.59 Å². The van der Waals surface area contributed by atoms with E-state index in [-0.39, 0.29) is 37.8 Å². The van der Waals surface area contributed by atoms with Gasteiger partial charge in [-0.15, -0.1) is 0 Å². The zero-order valence-corrected chi connectivity index (χ0v) is 18.3. The van der Waals surface area contributed by atoms with Gasteiger partial charge in [0.25, 0.3) is 11.8 Å². The molecular weight excluding hydrogens is 475 g/mol. The summed E-state index contributed by atoms with van der Waals surface area (Å²) in [6.45, 7) is 0. The number of carbonyl (C=O) groups excluding carboxylic acids is 2. The number of thiocarbonyl (C=S) groups is 1. The SMILES string of the molecule is O=C1NC(=S)N(c2ccccc2Cl)C(=O)/C1=C/c1ccc(-c2cc(C(=O)O)ccc2Cl)o1. The van der Waals surface area contributed by atoms with Crippen molar-refractivity contribution >= 4 is 70.1 Å². The van der Waals surface area contributed by atoms with Gasteiger partial charge in [-0.05, 0) is 60.8 Å². The summed E-state index contributed by atoms with van der Waals surface area (Å²) in [4.78, 5) is 37.9. The second-order valence-electron chi connectivity index (χ2n) is 6.61. The number of carboxylic acid groups (broad SMARTS) is 1. The van der Waals surface area contributed by atoms with E-state index in [1.54, 1.807) is 30.3 Å². The molecule has 7 nitrogen and oxygen atoms in total. The molecule has 1 fully saturated rings. The van der Waals surface area contributed by atoms with Gasteiger partial charge in [-0.25, -0.2) is 4.79 Å². The van der Waals surface area contributed by atoms with Crippen molar-refractivity contribution in [3.05, 3.63) is 81.5 Å². The minimum Gasteiger partial charge on any atom is -0.478 e. The van der Waals surface area contributed by atoms with Crippen LogP contribution in [0.5, 0.6) is 0 Å². The maximum absolute atomic E-state index is 13.1. The molecule has 2 N–H and O–H groups in total. The normalized spacial score (nSPS) is 15.2. The Balaban J connectivity index is 1.71. The van der Waals surface area contributed by atoms with Crippen molar-refractivity contribution in [2.24, 2.45) is 0 Å². The lowest BCUT2D eigenvalue weighted by Crippen LogP contribution is -2.54. The van der Waals surface area contributed by atoms with Crippen LogP contribution in [0.2, 0.25) is 10.0 Å². The highest BCUT2D eigenvalue weighted by molar-refractivity contribution is 7.80. The topological polar surface area (TPSA) is 99.9 Å². The molecule has 0 bridgehead atoms. The fourth-order valence-electron chi connectivity index (χ4n) is 3.07. The molecule has 0 unspecified atom stereocenters. The molecule has 1 saturated heterocycles. The third-order valence-electron chi connectivity index (χ3n) is 4.59. The number of hydrogen-bond acceptors (Lipinski definition) is 5. The Labute approximate surface area is 196 Å². The third kappa shape index (κ3) is 4.03. The van der Waals surface area contributed by atoms with Gasteiger partial charge in [0.1, 0.15) is 17.1 Å². The number of furan rings is 1. The summed E-state index contributed by atoms with van der Waals surface area (Å²) >= 11 is 17.5. The maximum Gasteiger partial charge on any atom is 0.335 e. The van der Waals surface area contributed by atoms with E-state index in [4.69, 9.17) is 39.8 Å². The molecule has 0 radical (unpaired) electrons. The van der Waals surface area contributed by atoms with Crippen LogP contribution in [0, 0.1) is 0 Å². The number of hydrogen-bond donors (Lipinski definition) is 2. The molecule has 2 aromatic carbocycles. The number of benzene rings is 2. The van der Waals surface area contributed by atoms with E-state index in [2.05, 4.69) is 5.32 Å². The molecular formula is C22H12Cl2N2O5S. The third-order valence-corrected chi connectivity index (χ3v) is 5.52. The molecule has 0 aliphatic carbocycles. The number of para-hydroxylation sites is 1. The number of amides is 2. The maximum atomic E-state index is 13.1. The van der Waals surface area contributed by atoms with Crippen molar-refractivity contribution in [1.29, 1.82) is 0 Å². The number of carboxylic acids is 1. The van der Waals surface area contributed by atoms with Gasteiger partial charge >= 0.3 is 5.97 Å². The van der Waals surface area contributed by atoms with E-state index in [1.807, 2.05) is 0 Å². The molecule has 3 aromatic rings. The Bertz CT molecular complexity index is 1330. The summed E-state index contributed by atoms with van der Waals surface area (Å²) in [5.74, 6) is -2.02. The molecule has 32 heavy (non-hydrogen) atoms.